The van der Waals surface area contributed by atoms with Crippen LogP contribution in [0, 0.1) is 5.82 Å². The molecule has 0 aliphatic carbocycles. The summed E-state index contributed by atoms with van der Waals surface area (Å²) in [6, 6.07) is 17.2. The molecule has 6 nitrogen and oxygen atoms in total. The molecule has 0 atom stereocenters. The Morgan fingerprint density at radius 3 is 2.50 bits per heavy atom. The molecule has 1 amide bonds. The van der Waals surface area contributed by atoms with Crippen molar-refractivity contribution in [1.82, 2.24) is 15.5 Å². The fourth-order valence-corrected chi connectivity index (χ4v) is 2.54. The molecule has 28 heavy (non-hydrogen) atoms. The van der Waals surface area contributed by atoms with Gasteiger partial charge in [-0.15, -0.1) is 10.2 Å². The topological polar surface area (TPSA) is 73.3 Å². The predicted molar refractivity (Wildman–Crippen MR) is 103 cm³/mol. The molecular weight excluding hydrogens is 361 g/mol. The molecular formula is C21H20FN3O3. The molecule has 0 saturated heterocycles. The molecule has 0 fully saturated rings. The van der Waals surface area contributed by atoms with Crippen LogP contribution in [0.2, 0.25) is 0 Å². The minimum atomic E-state index is -0.388. The average molecular weight is 381 g/mol. The third-order valence-electron chi connectivity index (χ3n) is 4.01. The Bertz CT molecular complexity index is 915. The predicted octanol–water partition coefficient (Wildman–Crippen LogP) is 3.03. The van der Waals surface area contributed by atoms with Crippen LogP contribution in [0.1, 0.15) is 5.56 Å². The second-order valence-corrected chi connectivity index (χ2v) is 5.95. The molecule has 144 valence electrons. The van der Waals surface area contributed by atoms with Gasteiger partial charge in [0.25, 0.3) is 0 Å². The van der Waals surface area contributed by atoms with E-state index in [1.807, 2.05) is 24.3 Å². The summed E-state index contributed by atoms with van der Waals surface area (Å²) in [7, 11) is 1.61. The molecule has 3 aromatic rings. The summed E-state index contributed by atoms with van der Waals surface area (Å²) in [6.07, 6.45) is -0.0109. The zero-order chi connectivity index (χ0) is 19.8. The molecule has 2 aromatic carbocycles. The van der Waals surface area contributed by atoms with E-state index in [1.165, 1.54) is 6.07 Å². The lowest BCUT2D eigenvalue weighted by atomic mass is 10.1. The van der Waals surface area contributed by atoms with Crippen LogP contribution in [-0.4, -0.2) is 36.4 Å². The quantitative estimate of drug-likeness (QED) is 0.607. The van der Waals surface area contributed by atoms with Crippen LogP contribution in [0.25, 0.3) is 11.3 Å². The van der Waals surface area contributed by atoms with Crippen molar-refractivity contribution in [2.24, 2.45) is 0 Å². The number of aromatic nitrogens is 2. The summed E-state index contributed by atoms with van der Waals surface area (Å²) in [5.74, 6) is 0.477. The third-order valence-corrected chi connectivity index (χ3v) is 4.01. The smallest absolute Gasteiger partial charge is 0.233 e. The van der Waals surface area contributed by atoms with Crippen molar-refractivity contribution >= 4 is 5.91 Å². The highest BCUT2D eigenvalue weighted by atomic mass is 19.1. The summed E-state index contributed by atoms with van der Waals surface area (Å²) in [5.41, 5.74) is 1.99. The van der Waals surface area contributed by atoms with Crippen LogP contribution in [0.3, 0.4) is 0 Å². The molecule has 7 heteroatoms. The van der Waals surface area contributed by atoms with Crippen LogP contribution in [-0.2, 0) is 11.2 Å². The normalized spacial score (nSPS) is 10.4. The first-order chi connectivity index (χ1) is 13.7. The standard InChI is InChI=1S/C21H20FN3O3/c1-27-17-8-6-15(7-9-17)19-10-11-21(25-24-19)28-13-12-23-20(26)14-16-4-2-3-5-18(16)22/h2-11H,12-14H2,1H3,(H,23,26). The maximum absolute atomic E-state index is 13.5. The second kappa shape index (κ2) is 9.45. The van der Waals surface area contributed by atoms with Gasteiger partial charge in [0.2, 0.25) is 11.8 Å². The minimum Gasteiger partial charge on any atom is -0.497 e. The van der Waals surface area contributed by atoms with E-state index in [9.17, 15) is 9.18 Å². The Morgan fingerprint density at radius 1 is 1.04 bits per heavy atom. The number of carbonyl (C=O) groups excluding carboxylic acids is 1. The van der Waals surface area contributed by atoms with Gasteiger partial charge in [0.1, 0.15) is 18.2 Å². The highest BCUT2D eigenvalue weighted by Crippen LogP contribution is 2.20. The zero-order valence-corrected chi connectivity index (χ0v) is 15.4. The van der Waals surface area contributed by atoms with Gasteiger partial charge < -0.3 is 14.8 Å². The van der Waals surface area contributed by atoms with E-state index in [0.717, 1.165) is 11.3 Å². The first kappa shape index (κ1) is 19.3. The van der Waals surface area contributed by atoms with E-state index < -0.39 is 0 Å². The number of ether oxygens (including phenoxy) is 2. The zero-order valence-electron chi connectivity index (χ0n) is 15.4. The van der Waals surface area contributed by atoms with E-state index in [0.29, 0.717) is 17.1 Å². The molecule has 1 heterocycles. The largest absolute Gasteiger partial charge is 0.497 e. The lowest BCUT2D eigenvalue weighted by Crippen LogP contribution is -2.29. The van der Waals surface area contributed by atoms with Crippen molar-refractivity contribution in [2.45, 2.75) is 6.42 Å². The van der Waals surface area contributed by atoms with Crippen molar-refractivity contribution in [1.29, 1.82) is 0 Å². The average Bonchev–Trinajstić information content (AvgIpc) is 2.73. The van der Waals surface area contributed by atoms with Crippen molar-refractivity contribution in [3.63, 3.8) is 0 Å². The van der Waals surface area contributed by atoms with Gasteiger partial charge in [0.15, 0.2) is 0 Å². The van der Waals surface area contributed by atoms with Crippen LogP contribution in [0.4, 0.5) is 4.39 Å². The van der Waals surface area contributed by atoms with Crippen LogP contribution in [0.5, 0.6) is 11.6 Å². The lowest BCUT2D eigenvalue weighted by Gasteiger charge is -2.08. The van der Waals surface area contributed by atoms with E-state index >= 15 is 0 Å². The second-order valence-electron chi connectivity index (χ2n) is 5.95. The van der Waals surface area contributed by atoms with Gasteiger partial charge in [-0.1, -0.05) is 18.2 Å². The Kier molecular flexibility index (Phi) is 6.51. The van der Waals surface area contributed by atoms with E-state index in [-0.39, 0.29) is 31.3 Å². The van der Waals surface area contributed by atoms with Gasteiger partial charge in [0.05, 0.1) is 25.8 Å². The van der Waals surface area contributed by atoms with Crippen molar-refractivity contribution in [2.75, 3.05) is 20.3 Å². The van der Waals surface area contributed by atoms with Gasteiger partial charge in [-0.3, -0.25) is 4.79 Å². The summed E-state index contributed by atoms with van der Waals surface area (Å²) in [6.45, 7) is 0.523. The first-order valence-electron chi connectivity index (χ1n) is 8.77. The highest BCUT2D eigenvalue weighted by Gasteiger charge is 2.07. The fraction of sp³-hybridized carbons (Fsp3) is 0.190. The summed E-state index contributed by atoms with van der Waals surface area (Å²) in [5, 5.41) is 10.9. The number of nitrogens with zero attached hydrogens (tertiary/aromatic N) is 2. The molecule has 1 N–H and O–H groups in total. The molecule has 1 aromatic heterocycles. The number of hydrogen-bond acceptors (Lipinski definition) is 5. The Hall–Kier alpha value is -3.48. The molecule has 0 aliphatic rings. The van der Waals surface area contributed by atoms with Crippen molar-refractivity contribution in [3.05, 3.63) is 72.0 Å². The molecule has 0 aliphatic heterocycles. The minimum absolute atomic E-state index is 0.0109. The maximum Gasteiger partial charge on any atom is 0.233 e. The summed E-state index contributed by atoms with van der Waals surface area (Å²) < 4.78 is 24.1. The number of nitrogens with one attached hydrogen (secondary N) is 1. The molecule has 0 unspecified atom stereocenters. The Labute approximate surface area is 162 Å². The molecule has 0 spiro atoms. The molecule has 3 rings (SSSR count). The number of hydrogen-bond donors (Lipinski definition) is 1. The number of benzene rings is 2. The van der Waals surface area contributed by atoms with Crippen LogP contribution < -0.4 is 14.8 Å². The summed E-state index contributed by atoms with van der Waals surface area (Å²) in [4.78, 5) is 11.9. The number of methoxy groups -OCH3 is 1. The molecule has 0 bridgehead atoms. The highest BCUT2D eigenvalue weighted by molar-refractivity contribution is 5.78. The van der Waals surface area contributed by atoms with E-state index in [4.69, 9.17) is 9.47 Å². The molecule has 0 radical (unpaired) electrons. The van der Waals surface area contributed by atoms with Crippen LogP contribution >= 0.6 is 0 Å². The van der Waals surface area contributed by atoms with E-state index in [2.05, 4.69) is 15.5 Å². The van der Waals surface area contributed by atoms with Crippen molar-refractivity contribution in [3.8, 4) is 22.9 Å². The monoisotopic (exact) mass is 381 g/mol. The van der Waals surface area contributed by atoms with Gasteiger partial charge >= 0.3 is 0 Å². The third kappa shape index (κ3) is 5.26. The lowest BCUT2D eigenvalue weighted by molar-refractivity contribution is -0.120. The Morgan fingerprint density at radius 2 is 1.82 bits per heavy atom. The van der Waals surface area contributed by atoms with Gasteiger partial charge in [-0.05, 0) is 42.0 Å². The van der Waals surface area contributed by atoms with Gasteiger partial charge in [-0.2, -0.15) is 0 Å². The number of carbonyl (C=O) groups is 1. The van der Waals surface area contributed by atoms with Crippen molar-refractivity contribution < 1.29 is 18.7 Å². The van der Waals surface area contributed by atoms with E-state index in [1.54, 1.807) is 37.4 Å². The molecule has 0 saturated carbocycles. The number of halogens is 1. The summed E-state index contributed by atoms with van der Waals surface area (Å²) >= 11 is 0. The number of rotatable bonds is 8. The van der Waals surface area contributed by atoms with Crippen LogP contribution in [0.15, 0.2) is 60.7 Å². The maximum atomic E-state index is 13.5. The van der Waals surface area contributed by atoms with Gasteiger partial charge in [0, 0.05) is 11.6 Å². The fourth-order valence-electron chi connectivity index (χ4n) is 2.54. The van der Waals surface area contributed by atoms with Gasteiger partial charge in [-0.25, -0.2) is 4.39 Å². The number of amides is 1. The Balaban J connectivity index is 1.43. The SMILES string of the molecule is COc1ccc(-c2ccc(OCCNC(=O)Cc3ccccc3F)nn2)cc1. The first-order valence-corrected chi connectivity index (χ1v) is 8.77.